The number of benzene rings is 1. The van der Waals surface area contributed by atoms with Crippen LogP contribution in [-0.4, -0.2) is 56.6 Å². The molecule has 2 saturated heterocycles. The molecule has 2 aromatic rings. The average molecular weight is 422 g/mol. The summed E-state index contributed by atoms with van der Waals surface area (Å²) in [5.74, 6) is 0.114. The molecule has 0 aliphatic carbocycles. The van der Waals surface area contributed by atoms with Crippen LogP contribution >= 0.6 is 0 Å². The van der Waals surface area contributed by atoms with Gasteiger partial charge in [0.25, 0.3) is 0 Å². The van der Waals surface area contributed by atoms with E-state index >= 15 is 0 Å². The molecule has 0 unspecified atom stereocenters. The number of halogens is 3. The standard InChI is InChI=1S/C21H25F3N4O2/c1-12-10-13(21(22,23)24)11-18(30)20(12)16-5-7-19(27-26-16)25-15-4-2-14-3-6-17(15)28(14)8-9-29/h5,7,10-11,14-15,17,29-30H,2-4,6,8-9H2,1H3,(H,25,27)/t14-,15-,17+/m1/s1. The van der Waals surface area contributed by atoms with Crippen LogP contribution in [0.3, 0.4) is 0 Å². The maximum Gasteiger partial charge on any atom is 0.416 e. The molecule has 0 radical (unpaired) electrons. The smallest absolute Gasteiger partial charge is 0.416 e. The van der Waals surface area contributed by atoms with Crippen molar-refractivity contribution in [2.24, 2.45) is 0 Å². The summed E-state index contributed by atoms with van der Waals surface area (Å²) in [4.78, 5) is 2.37. The predicted molar refractivity (Wildman–Crippen MR) is 106 cm³/mol. The molecule has 2 fully saturated rings. The summed E-state index contributed by atoms with van der Waals surface area (Å²) in [6.45, 7) is 2.32. The second kappa shape index (κ2) is 8.03. The Morgan fingerprint density at radius 2 is 1.90 bits per heavy atom. The lowest BCUT2D eigenvalue weighted by Crippen LogP contribution is -2.51. The number of aromatic hydroxyl groups is 1. The molecule has 0 spiro atoms. The van der Waals surface area contributed by atoms with Crippen LogP contribution in [0.15, 0.2) is 24.3 Å². The SMILES string of the molecule is Cc1cc(C(F)(F)F)cc(O)c1-c1ccc(N[C@@H]2CC[C@@H]3CC[C@@H]2N3CCO)nn1. The summed E-state index contributed by atoms with van der Waals surface area (Å²) < 4.78 is 38.8. The van der Waals surface area contributed by atoms with Crippen molar-refractivity contribution in [1.82, 2.24) is 15.1 Å². The van der Waals surface area contributed by atoms with Gasteiger partial charge in [0.15, 0.2) is 0 Å². The summed E-state index contributed by atoms with van der Waals surface area (Å²) >= 11 is 0. The van der Waals surface area contributed by atoms with Crippen molar-refractivity contribution in [3.63, 3.8) is 0 Å². The molecule has 0 saturated carbocycles. The van der Waals surface area contributed by atoms with Gasteiger partial charge in [-0.3, -0.25) is 4.90 Å². The molecule has 2 bridgehead atoms. The Hall–Kier alpha value is -2.39. The van der Waals surface area contributed by atoms with Gasteiger partial charge in [-0.05, 0) is 62.4 Å². The van der Waals surface area contributed by atoms with E-state index in [-0.39, 0.29) is 23.8 Å². The Bertz CT molecular complexity index is 881. The largest absolute Gasteiger partial charge is 0.507 e. The zero-order valence-corrected chi connectivity index (χ0v) is 16.7. The van der Waals surface area contributed by atoms with E-state index in [2.05, 4.69) is 20.4 Å². The maximum absolute atomic E-state index is 12.9. The monoisotopic (exact) mass is 422 g/mol. The number of phenols is 1. The number of aliphatic hydroxyl groups is 1. The molecule has 2 aliphatic rings. The van der Waals surface area contributed by atoms with Gasteiger partial charge in [-0.2, -0.15) is 13.2 Å². The van der Waals surface area contributed by atoms with Gasteiger partial charge in [0, 0.05) is 30.2 Å². The van der Waals surface area contributed by atoms with E-state index in [9.17, 15) is 23.4 Å². The lowest BCUT2D eigenvalue weighted by atomic mass is 9.97. The van der Waals surface area contributed by atoms with Crippen molar-refractivity contribution in [3.8, 4) is 17.0 Å². The third-order valence-corrected chi connectivity index (χ3v) is 6.22. The number of phenolic OH excluding ortho intramolecular Hbond substituents is 1. The summed E-state index contributed by atoms with van der Waals surface area (Å²) in [7, 11) is 0. The minimum absolute atomic E-state index is 0.143. The van der Waals surface area contributed by atoms with Crippen molar-refractivity contribution in [2.45, 2.75) is 56.9 Å². The van der Waals surface area contributed by atoms with Gasteiger partial charge in [-0.25, -0.2) is 0 Å². The zero-order valence-electron chi connectivity index (χ0n) is 16.7. The molecule has 30 heavy (non-hydrogen) atoms. The summed E-state index contributed by atoms with van der Waals surface area (Å²) in [6.07, 6.45) is -0.229. The van der Waals surface area contributed by atoms with E-state index < -0.39 is 17.5 Å². The normalized spacial score (nSPS) is 24.2. The molecule has 3 N–H and O–H groups in total. The Kier molecular flexibility index (Phi) is 5.59. The van der Waals surface area contributed by atoms with Crippen LogP contribution in [0, 0.1) is 6.92 Å². The molecular formula is C21H25F3N4O2. The molecule has 3 atom stereocenters. The molecular weight excluding hydrogens is 397 g/mol. The van der Waals surface area contributed by atoms with Gasteiger partial charge in [-0.1, -0.05) is 0 Å². The van der Waals surface area contributed by atoms with E-state index in [1.807, 2.05) is 0 Å². The van der Waals surface area contributed by atoms with E-state index in [4.69, 9.17) is 0 Å². The number of rotatable bonds is 5. The quantitative estimate of drug-likeness (QED) is 0.684. The summed E-state index contributed by atoms with van der Waals surface area (Å²) in [5.41, 5.74) is -0.0587. The Morgan fingerprint density at radius 1 is 1.13 bits per heavy atom. The van der Waals surface area contributed by atoms with Gasteiger partial charge >= 0.3 is 6.18 Å². The first kappa shape index (κ1) is 20.9. The number of nitrogens with one attached hydrogen (secondary N) is 1. The molecule has 1 aromatic heterocycles. The summed E-state index contributed by atoms with van der Waals surface area (Å²) in [5, 5.41) is 31.3. The first-order valence-electron chi connectivity index (χ1n) is 10.2. The van der Waals surface area contributed by atoms with Crippen LogP contribution in [0.4, 0.5) is 19.0 Å². The molecule has 9 heteroatoms. The highest BCUT2D eigenvalue weighted by Crippen LogP contribution is 2.39. The summed E-state index contributed by atoms with van der Waals surface area (Å²) in [6, 6.07) is 6.18. The molecule has 1 aromatic carbocycles. The number of piperidine rings is 1. The Balaban J connectivity index is 1.51. The number of anilines is 1. The fourth-order valence-corrected chi connectivity index (χ4v) is 4.90. The number of alkyl halides is 3. The van der Waals surface area contributed by atoms with Crippen LogP contribution in [0.5, 0.6) is 5.75 Å². The molecule has 4 rings (SSSR count). The number of hydrogen-bond donors (Lipinski definition) is 3. The first-order chi connectivity index (χ1) is 14.3. The fraction of sp³-hybridized carbons (Fsp3) is 0.524. The Labute approximate surface area is 172 Å². The second-order valence-corrected chi connectivity index (χ2v) is 8.08. The van der Waals surface area contributed by atoms with Crippen LogP contribution in [-0.2, 0) is 6.18 Å². The van der Waals surface area contributed by atoms with Gasteiger partial charge in [0.1, 0.15) is 11.6 Å². The lowest BCUT2D eigenvalue weighted by molar-refractivity contribution is -0.137. The fourth-order valence-electron chi connectivity index (χ4n) is 4.90. The molecule has 162 valence electrons. The number of fused-ring (bicyclic) bond motifs is 2. The maximum atomic E-state index is 12.9. The highest BCUT2D eigenvalue weighted by molar-refractivity contribution is 5.71. The Morgan fingerprint density at radius 3 is 2.53 bits per heavy atom. The lowest BCUT2D eigenvalue weighted by Gasteiger charge is -2.40. The van der Waals surface area contributed by atoms with Crippen LogP contribution in [0.1, 0.15) is 36.8 Å². The van der Waals surface area contributed by atoms with Gasteiger partial charge < -0.3 is 15.5 Å². The molecule has 2 aliphatic heterocycles. The van der Waals surface area contributed by atoms with Crippen molar-refractivity contribution in [2.75, 3.05) is 18.5 Å². The third-order valence-electron chi connectivity index (χ3n) is 6.22. The topological polar surface area (TPSA) is 81.5 Å². The number of nitrogens with zero attached hydrogens (tertiary/aromatic N) is 3. The third kappa shape index (κ3) is 3.96. The van der Waals surface area contributed by atoms with Crippen molar-refractivity contribution in [3.05, 3.63) is 35.4 Å². The molecule has 6 nitrogen and oxygen atoms in total. The van der Waals surface area contributed by atoms with Crippen molar-refractivity contribution >= 4 is 5.82 Å². The van der Waals surface area contributed by atoms with Crippen LogP contribution in [0.25, 0.3) is 11.3 Å². The van der Waals surface area contributed by atoms with Crippen molar-refractivity contribution in [1.29, 1.82) is 0 Å². The minimum Gasteiger partial charge on any atom is -0.507 e. The van der Waals surface area contributed by atoms with Crippen molar-refractivity contribution < 1.29 is 23.4 Å². The van der Waals surface area contributed by atoms with Gasteiger partial charge in [-0.15, -0.1) is 10.2 Å². The number of aryl methyl sites for hydroxylation is 1. The van der Waals surface area contributed by atoms with Crippen LogP contribution < -0.4 is 5.32 Å². The van der Waals surface area contributed by atoms with Gasteiger partial charge in [0.2, 0.25) is 0 Å². The van der Waals surface area contributed by atoms with E-state index in [0.717, 1.165) is 31.7 Å². The van der Waals surface area contributed by atoms with Crippen LogP contribution in [0.2, 0.25) is 0 Å². The number of aromatic nitrogens is 2. The molecule has 0 amide bonds. The first-order valence-corrected chi connectivity index (χ1v) is 10.2. The van der Waals surface area contributed by atoms with E-state index in [0.29, 0.717) is 36.2 Å². The zero-order chi connectivity index (χ0) is 21.5. The minimum atomic E-state index is -4.52. The number of hydrogen-bond acceptors (Lipinski definition) is 6. The average Bonchev–Trinajstić information content (AvgIpc) is 2.96. The second-order valence-electron chi connectivity index (χ2n) is 8.08. The van der Waals surface area contributed by atoms with E-state index in [1.165, 1.54) is 6.92 Å². The molecule has 3 heterocycles. The predicted octanol–water partition coefficient (Wildman–Crippen LogP) is 3.58. The number of aliphatic hydroxyl groups excluding tert-OH is 1. The van der Waals surface area contributed by atoms with E-state index in [1.54, 1.807) is 12.1 Å². The highest BCUT2D eigenvalue weighted by atomic mass is 19.4. The highest BCUT2D eigenvalue weighted by Gasteiger charge is 2.42. The van der Waals surface area contributed by atoms with Gasteiger partial charge in [0.05, 0.1) is 17.9 Å².